The summed E-state index contributed by atoms with van der Waals surface area (Å²) in [6.07, 6.45) is -0.712. The number of hydrogen-bond acceptors (Lipinski definition) is 4. The lowest BCUT2D eigenvalue weighted by Crippen LogP contribution is -2.35. The Morgan fingerprint density at radius 2 is 1.67 bits per heavy atom. The highest BCUT2D eigenvalue weighted by Crippen LogP contribution is 2.21. The van der Waals surface area contributed by atoms with Gasteiger partial charge in [-0.15, -0.1) is 0 Å². The lowest BCUT2D eigenvalue weighted by Gasteiger charge is -2.26. The Morgan fingerprint density at radius 3 is 2.37 bits per heavy atom. The predicted molar refractivity (Wildman–Crippen MR) is 116 cm³/mol. The van der Waals surface area contributed by atoms with E-state index < -0.39 is 6.10 Å². The number of aliphatic hydroxyl groups excluding tert-OH is 1. The first kappa shape index (κ1) is 22.1. The molecule has 0 aliphatic carbocycles. The molecule has 0 radical (unpaired) electrons. The van der Waals surface area contributed by atoms with Gasteiger partial charge in [0, 0.05) is 30.2 Å². The minimum atomic E-state index is -0.712. The highest BCUT2D eigenvalue weighted by molar-refractivity contribution is 6.30. The Morgan fingerprint density at radius 1 is 0.967 bits per heavy atom. The molecule has 3 aromatic rings. The van der Waals surface area contributed by atoms with Gasteiger partial charge in [0.05, 0.1) is 7.11 Å². The first-order valence-electron chi connectivity index (χ1n) is 9.68. The summed E-state index contributed by atoms with van der Waals surface area (Å²) >= 11 is 5.89. The van der Waals surface area contributed by atoms with Gasteiger partial charge in [-0.3, -0.25) is 4.90 Å². The third-order valence-corrected chi connectivity index (χ3v) is 4.88. The van der Waals surface area contributed by atoms with Gasteiger partial charge in [-0.25, -0.2) is 4.39 Å². The Balaban J connectivity index is 1.67. The van der Waals surface area contributed by atoms with Gasteiger partial charge in [0.2, 0.25) is 0 Å². The van der Waals surface area contributed by atoms with Crippen molar-refractivity contribution < 1.29 is 19.0 Å². The smallest absolute Gasteiger partial charge is 0.123 e. The lowest BCUT2D eigenvalue weighted by atomic mass is 10.1. The second kappa shape index (κ2) is 11.0. The van der Waals surface area contributed by atoms with E-state index in [0.29, 0.717) is 30.4 Å². The van der Waals surface area contributed by atoms with Gasteiger partial charge in [0.1, 0.15) is 30.0 Å². The van der Waals surface area contributed by atoms with Crippen molar-refractivity contribution in [1.29, 1.82) is 0 Å². The van der Waals surface area contributed by atoms with Crippen LogP contribution in [-0.4, -0.2) is 36.4 Å². The van der Waals surface area contributed by atoms with Gasteiger partial charge in [-0.1, -0.05) is 41.9 Å². The average molecular weight is 430 g/mol. The predicted octanol–water partition coefficient (Wildman–Crippen LogP) is 4.93. The van der Waals surface area contributed by atoms with E-state index in [1.165, 1.54) is 12.1 Å². The fourth-order valence-electron chi connectivity index (χ4n) is 3.18. The normalized spacial score (nSPS) is 12.0. The van der Waals surface area contributed by atoms with Crippen LogP contribution in [0.3, 0.4) is 0 Å². The molecule has 1 N–H and O–H groups in total. The number of halogens is 2. The van der Waals surface area contributed by atoms with E-state index in [9.17, 15) is 9.50 Å². The Hall–Kier alpha value is -2.60. The number of hydrogen-bond donors (Lipinski definition) is 1. The second-order valence-electron chi connectivity index (χ2n) is 7.03. The largest absolute Gasteiger partial charge is 0.496 e. The molecule has 4 nitrogen and oxygen atoms in total. The summed E-state index contributed by atoms with van der Waals surface area (Å²) in [5, 5.41) is 11.2. The van der Waals surface area contributed by atoms with E-state index >= 15 is 0 Å². The molecule has 1 atom stereocenters. The summed E-state index contributed by atoms with van der Waals surface area (Å²) in [5.41, 5.74) is 1.96. The topological polar surface area (TPSA) is 41.9 Å². The number of methoxy groups -OCH3 is 1. The molecule has 3 rings (SSSR count). The van der Waals surface area contributed by atoms with E-state index in [1.807, 2.05) is 24.3 Å². The van der Waals surface area contributed by atoms with Gasteiger partial charge in [-0.05, 0) is 48.0 Å². The van der Waals surface area contributed by atoms with Crippen LogP contribution in [0.25, 0.3) is 0 Å². The summed E-state index contributed by atoms with van der Waals surface area (Å²) in [6.45, 7) is 1.65. The zero-order valence-electron chi connectivity index (χ0n) is 16.8. The van der Waals surface area contributed by atoms with Crippen LogP contribution in [0.4, 0.5) is 4.39 Å². The van der Waals surface area contributed by atoms with Crippen LogP contribution in [0, 0.1) is 5.82 Å². The van der Waals surface area contributed by atoms with Crippen LogP contribution in [-0.2, 0) is 13.1 Å². The number of aliphatic hydroxyl groups is 1. The molecule has 30 heavy (non-hydrogen) atoms. The molecule has 0 heterocycles. The minimum absolute atomic E-state index is 0.146. The van der Waals surface area contributed by atoms with Crippen molar-refractivity contribution in [3.63, 3.8) is 0 Å². The summed E-state index contributed by atoms with van der Waals surface area (Å²) in [6, 6.07) is 21.2. The molecule has 0 saturated heterocycles. The molecule has 0 unspecified atom stereocenters. The van der Waals surface area contributed by atoms with Crippen LogP contribution in [0.15, 0.2) is 72.8 Å². The Kier molecular flexibility index (Phi) is 8.08. The van der Waals surface area contributed by atoms with Crippen molar-refractivity contribution in [3.8, 4) is 11.5 Å². The maximum absolute atomic E-state index is 13.3. The molecule has 0 bridgehead atoms. The molecule has 0 saturated carbocycles. The first-order valence-corrected chi connectivity index (χ1v) is 10.1. The van der Waals surface area contributed by atoms with Crippen LogP contribution in [0.5, 0.6) is 11.5 Å². The molecule has 0 aliphatic heterocycles. The quantitative estimate of drug-likeness (QED) is 0.496. The van der Waals surface area contributed by atoms with Gasteiger partial charge in [0.25, 0.3) is 0 Å². The van der Waals surface area contributed by atoms with Crippen molar-refractivity contribution >= 4 is 11.6 Å². The first-order chi connectivity index (χ1) is 14.5. The number of ether oxygens (including phenoxy) is 2. The summed E-state index contributed by atoms with van der Waals surface area (Å²) in [5.74, 6) is 1.16. The second-order valence-corrected chi connectivity index (χ2v) is 7.46. The van der Waals surface area contributed by atoms with Crippen molar-refractivity contribution in [2.24, 2.45) is 0 Å². The molecular formula is C24H25ClFNO3. The zero-order valence-corrected chi connectivity index (χ0v) is 17.6. The summed E-state index contributed by atoms with van der Waals surface area (Å²) in [4.78, 5) is 2.08. The van der Waals surface area contributed by atoms with Crippen molar-refractivity contribution in [2.45, 2.75) is 19.2 Å². The molecule has 0 aromatic heterocycles. The number of para-hydroxylation sites is 1. The molecule has 0 amide bonds. The fourth-order valence-corrected chi connectivity index (χ4v) is 3.31. The SMILES string of the molecule is COc1ccccc1CN(Cc1ccc(F)cc1)C[C@H](O)COc1ccc(Cl)cc1. The van der Waals surface area contributed by atoms with E-state index in [-0.39, 0.29) is 12.4 Å². The van der Waals surface area contributed by atoms with E-state index in [0.717, 1.165) is 16.9 Å². The molecule has 0 fully saturated rings. The van der Waals surface area contributed by atoms with Gasteiger partial charge < -0.3 is 14.6 Å². The van der Waals surface area contributed by atoms with Gasteiger partial charge >= 0.3 is 0 Å². The average Bonchev–Trinajstić information content (AvgIpc) is 2.75. The van der Waals surface area contributed by atoms with Crippen LogP contribution < -0.4 is 9.47 Å². The molecule has 158 valence electrons. The molecule has 0 spiro atoms. The highest BCUT2D eigenvalue weighted by atomic mass is 35.5. The zero-order chi connectivity index (χ0) is 21.3. The standard InChI is InChI=1S/C24H25ClFNO3/c1-29-24-5-3-2-4-19(24)15-27(14-18-6-10-21(26)11-7-18)16-22(28)17-30-23-12-8-20(25)9-13-23/h2-13,22,28H,14-17H2,1H3/t22-/m0/s1. The van der Waals surface area contributed by atoms with Gasteiger partial charge in [-0.2, -0.15) is 0 Å². The molecular weight excluding hydrogens is 405 g/mol. The highest BCUT2D eigenvalue weighted by Gasteiger charge is 2.16. The third kappa shape index (κ3) is 6.73. The maximum Gasteiger partial charge on any atom is 0.123 e. The van der Waals surface area contributed by atoms with Crippen LogP contribution in [0.2, 0.25) is 5.02 Å². The summed E-state index contributed by atoms with van der Waals surface area (Å²) in [7, 11) is 1.64. The number of nitrogens with zero attached hydrogens (tertiary/aromatic N) is 1. The summed E-state index contributed by atoms with van der Waals surface area (Å²) < 4.78 is 24.4. The Labute approximate surface area is 181 Å². The van der Waals surface area contributed by atoms with Crippen molar-refractivity contribution in [1.82, 2.24) is 4.90 Å². The van der Waals surface area contributed by atoms with E-state index in [2.05, 4.69) is 4.90 Å². The van der Waals surface area contributed by atoms with Crippen LogP contribution in [0.1, 0.15) is 11.1 Å². The fraction of sp³-hybridized carbons (Fsp3) is 0.250. The van der Waals surface area contributed by atoms with E-state index in [4.69, 9.17) is 21.1 Å². The lowest BCUT2D eigenvalue weighted by molar-refractivity contribution is 0.0626. The van der Waals surface area contributed by atoms with Crippen molar-refractivity contribution in [3.05, 3.63) is 94.8 Å². The maximum atomic E-state index is 13.3. The van der Waals surface area contributed by atoms with E-state index in [1.54, 1.807) is 43.5 Å². The van der Waals surface area contributed by atoms with Crippen LogP contribution >= 0.6 is 11.6 Å². The van der Waals surface area contributed by atoms with Crippen molar-refractivity contribution in [2.75, 3.05) is 20.3 Å². The monoisotopic (exact) mass is 429 g/mol. The third-order valence-electron chi connectivity index (χ3n) is 4.63. The van der Waals surface area contributed by atoms with Gasteiger partial charge in [0.15, 0.2) is 0 Å². The number of rotatable bonds is 10. The number of benzene rings is 3. The molecule has 6 heteroatoms. The Bertz CT molecular complexity index is 918. The molecule has 3 aromatic carbocycles. The molecule has 0 aliphatic rings. The minimum Gasteiger partial charge on any atom is -0.496 e.